The summed E-state index contributed by atoms with van der Waals surface area (Å²) in [5, 5.41) is 9.56. The molecule has 6 heteroatoms. The Morgan fingerprint density at radius 3 is 2.50 bits per heavy atom. The van der Waals surface area contributed by atoms with Crippen LogP contribution in [0.25, 0.3) is 0 Å². The Labute approximate surface area is 110 Å². The molecular formula is C12H25NO4S. The summed E-state index contributed by atoms with van der Waals surface area (Å²) in [7, 11) is -0.245. The van der Waals surface area contributed by atoms with E-state index in [4.69, 9.17) is 4.74 Å². The topological polar surface area (TPSA) is 66.8 Å². The van der Waals surface area contributed by atoms with E-state index in [1.807, 2.05) is 0 Å². The van der Waals surface area contributed by atoms with Crippen LogP contribution in [0.5, 0.6) is 0 Å². The van der Waals surface area contributed by atoms with Gasteiger partial charge in [0.2, 0.25) is 10.0 Å². The third-order valence-electron chi connectivity index (χ3n) is 3.47. The molecule has 0 aromatic carbocycles. The van der Waals surface area contributed by atoms with Crippen molar-refractivity contribution in [2.75, 3.05) is 33.1 Å². The number of hydrogen-bond acceptors (Lipinski definition) is 4. The number of hydrogen-bond donors (Lipinski definition) is 1. The molecule has 108 valence electrons. The Bertz CT molecular complexity index is 325. The SMILES string of the molecule is COCC(O)CN(C)S(=O)(=O)CC1CCCCC1. The minimum Gasteiger partial charge on any atom is -0.389 e. The van der Waals surface area contributed by atoms with Crippen molar-refractivity contribution in [2.24, 2.45) is 5.92 Å². The van der Waals surface area contributed by atoms with Crippen LogP contribution >= 0.6 is 0 Å². The molecule has 0 bridgehead atoms. The van der Waals surface area contributed by atoms with Crippen LogP contribution < -0.4 is 0 Å². The van der Waals surface area contributed by atoms with Gasteiger partial charge in [0.1, 0.15) is 0 Å². The number of aliphatic hydroxyl groups is 1. The lowest BCUT2D eigenvalue weighted by atomic mass is 9.91. The first-order chi connectivity index (χ1) is 8.45. The van der Waals surface area contributed by atoms with Crippen molar-refractivity contribution in [2.45, 2.75) is 38.2 Å². The van der Waals surface area contributed by atoms with Crippen LogP contribution in [0.2, 0.25) is 0 Å². The van der Waals surface area contributed by atoms with E-state index >= 15 is 0 Å². The van der Waals surface area contributed by atoms with E-state index in [1.54, 1.807) is 0 Å². The minimum absolute atomic E-state index is 0.100. The second kappa shape index (κ2) is 7.43. The third kappa shape index (κ3) is 5.22. The molecule has 1 unspecified atom stereocenters. The van der Waals surface area contributed by atoms with E-state index in [2.05, 4.69) is 0 Å². The molecule has 1 fully saturated rings. The lowest BCUT2D eigenvalue weighted by Gasteiger charge is -2.25. The Balaban J connectivity index is 2.45. The molecule has 0 spiro atoms. The second-order valence-electron chi connectivity index (χ2n) is 5.17. The highest BCUT2D eigenvalue weighted by Crippen LogP contribution is 2.25. The fourth-order valence-electron chi connectivity index (χ4n) is 2.43. The second-order valence-corrected chi connectivity index (χ2v) is 7.29. The molecule has 0 saturated heterocycles. The van der Waals surface area contributed by atoms with Gasteiger partial charge in [-0.05, 0) is 18.8 Å². The van der Waals surface area contributed by atoms with Crippen LogP contribution in [0.3, 0.4) is 0 Å². The molecule has 1 saturated carbocycles. The van der Waals surface area contributed by atoms with Crippen molar-refractivity contribution in [1.82, 2.24) is 4.31 Å². The number of sulfonamides is 1. The number of likely N-dealkylation sites (N-methyl/N-ethyl adjacent to an activating group) is 1. The van der Waals surface area contributed by atoms with Crippen LogP contribution in [0.15, 0.2) is 0 Å². The van der Waals surface area contributed by atoms with Gasteiger partial charge in [-0.1, -0.05) is 19.3 Å². The zero-order valence-electron chi connectivity index (χ0n) is 11.3. The van der Waals surface area contributed by atoms with Gasteiger partial charge in [0.05, 0.1) is 18.5 Å². The van der Waals surface area contributed by atoms with Crippen molar-refractivity contribution in [3.8, 4) is 0 Å². The van der Waals surface area contributed by atoms with Crippen molar-refractivity contribution in [3.63, 3.8) is 0 Å². The maximum Gasteiger partial charge on any atom is 0.214 e. The lowest BCUT2D eigenvalue weighted by molar-refractivity contribution is 0.0553. The maximum atomic E-state index is 12.1. The van der Waals surface area contributed by atoms with Gasteiger partial charge in [0.25, 0.3) is 0 Å². The number of nitrogens with zero attached hydrogens (tertiary/aromatic N) is 1. The predicted molar refractivity (Wildman–Crippen MR) is 70.9 cm³/mol. The van der Waals surface area contributed by atoms with Crippen molar-refractivity contribution >= 4 is 10.0 Å². The monoisotopic (exact) mass is 279 g/mol. The highest BCUT2D eigenvalue weighted by Gasteiger charge is 2.26. The first-order valence-corrected chi connectivity index (χ1v) is 8.17. The van der Waals surface area contributed by atoms with Gasteiger partial charge >= 0.3 is 0 Å². The van der Waals surface area contributed by atoms with E-state index in [9.17, 15) is 13.5 Å². The van der Waals surface area contributed by atoms with Crippen molar-refractivity contribution in [1.29, 1.82) is 0 Å². The molecule has 1 atom stereocenters. The summed E-state index contributed by atoms with van der Waals surface area (Å²) < 4.78 is 30.3. The molecule has 0 aromatic rings. The first-order valence-electron chi connectivity index (χ1n) is 6.56. The average Bonchev–Trinajstić information content (AvgIpc) is 2.29. The van der Waals surface area contributed by atoms with Crippen LogP contribution in [0.1, 0.15) is 32.1 Å². The van der Waals surface area contributed by atoms with Gasteiger partial charge in [-0.3, -0.25) is 0 Å². The Morgan fingerprint density at radius 2 is 1.94 bits per heavy atom. The van der Waals surface area contributed by atoms with Crippen molar-refractivity contribution < 1.29 is 18.3 Å². The normalized spacial score (nSPS) is 20.2. The highest BCUT2D eigenvalue weighted by molar-refractivity contribution is 7.89. The minimum atomic E-state index is -3.26. The summed E-state index contributed by atoms with van der Waals surface area (Å²) >= 11 is 0. The zero-order chi connectivity index (χ0) is 13.6. The molecule has 1 aliphatic carbocycles. The largest absolute Gasteiger partial charge is 0.389 e. The Hall–Kier alpha value is -0.170. The smallest absolute Gasteiger partial charge is 0.214 e. The first kappa shape index (κ1) is 15.9. The van der Waals surface area contributed by atoms with E-state index in [-0.39, 0.29) is 24.8 Å². The quantitative estimate of drug-likeness (QED) is 0.750. The summed E-state index contributed by atoms with van der Waals surface area (Å²) in [5.41, 5.74) is 0. The molecule has 18 heavy (non-hydrogen) atoms. The summed E-state index contributed by atoms with van der Waals surface area (Å²) in [6, 6.07) is 0. The van der Waals surface area contributed by atoms with Gasteiger partial charge in [0.15, 0.2) is 0 Å². The maximum absolute atomic E-state index is 12.1. The predicted octanol–water partition coefficient (Wildman–Crippen LogP) is 0.836. The molecule has 0 amide bonds. The van der Waals surface area contributed by atoms with E-state index in [0.717, 1.165) is 25.7 Å². The van der Waals surface area contributed by atoms with Crippen LogP contribution in [-0.2, 0) is 14.8 Å². The van der Waals surface area contributed by atoms with Crippen LogP contribution in [0.4, 0.5) is 0 Å². The van der Waals surface area contributed by atoms with Gasteiger partial charge in [-0.25, -0.2) is 12.7 Å². The molecule has 0 aromatic heterocycles. The lowest BCUT2D eigenvalue weighted by Crippen LogP contribution is -2.39. The molecule has 1 N–H and O–H groups in total. The van der Waals surface area contributed by atoms with Crippen molar-refractivity contribution in [3.05, 3.63) is 0 Å². The summed E-state index contributed by atoms with van der Waals surface area (Å²) in [5.74, 6) is 0.495. The number of rotatable bonds is 7. The Kier molecular flexibility index (Phi) is 6.55. The van der Waals surface area contributed by atoms with Gasteiger partial charge in [0, 0.05) is 20.7 Å². The van der Waals surface area contributed by atoms with E-state index in [1.165, 1.54) is 24.9 Å². The number of ether oxygens (including phenoxy) is 1. The van der Waals surface area contributed by atoms with Gasteiger partial charge in [-0.2, -0.15) is 0 Å². The standard InChI is InChI=1S/C12H25NO4S/c1-13(8-12(14)9-17-2)18(15,16)10-11-6-4-3-5-7-11/h11-12,14H,3-10H2,1-2H3. The molecule has 1 aliphatic rings. The fourth-order valence-corrected chi connectivity index (χ4v) is 4.02. The summed E-state index contributed by atoms with van der Waals surface area (Å²) in [6.45, 7) is 0.256. The van der Waals surface area contributed by atoms with Crippen LogP contribution in [0, 0.1) is 5.92 Å². The molecule has 0 radical (unpaired) electrons. The molecule has 0 aliphatic heterocycles. The molecule has 5 nitrogen and oxygen atoms in total. The van der Waals surface area contributed by atoms with Gasteiger partial charge in [-0.15, -0.1) is 0 Å². The van der Waals surface area contributed by atoms with Gasteiger partial charge < -0.3 is 9.84 Å². The zero-order valence-corrected chi connectivity index (χ0v) is 12.2. The van der Waals surface area contributed by atoms with E-state index in [0.29, 0.717) is 0 Å². The van der Waals surface area contributed by atoms with E-state index < -0.39 is 16.1 Å². The number of methoxy groups -OCH3 is 1. The summed E-state index contributed by atoms with van der Waals surface area (Å²) in [6.07, 6.45) is 4.74. The van der Waals surface area contributed by atoms with Crippen LogP contribution in [-0.4, -0.2) is 57.0 Å². The summed E-state index contributed by atoms with van der Waals surface area (Å²) in [4.78, 5) is 0. The Morgan fingerprint density at radius 1 is 1.33 bits per heavy atom. The highest BCUT2D eigenvalue weighted by atomic mass is 32.2. The third-order valence-corrected chi connectivity index (χ3v) is 5.46. The molecule has 0 heterocycles. The number of aliphatic hydroxyl groups excluding tert-OH is 1. The fraction of sp³-hybridized carbons (Fsp3) is 1.00. The average molecular weight is 279 g/mol. The molecule has 1 rings (SSSR count). The molecular weight excluding hydrogens is 254 g/mol.